The van der Waals surface area contributed by atoms with Gasteiger partial charge in [0.15, 0.2) is 5.69 Å². The Morgan fingerprint density at radius 3 is 2.91 bits per heavy atom. The van der Waals surface area contributed by atoms with E-state index in [4.69, 9.17) is 0 Å². The Hall–Kier alpha value is -2.60. The molecule has 23 heavy (non-hydrogen) atoms. The van der Waals surface area contributed by atoms with Crippen LogP contribution in [0.3, 0.4) is 0 Å². The van der Waals surface area contributed by atoms with E-state index in [-0.39, 0.29) is 6.03 Å². The standard InChI is InChI=1S/C17H14N4OS/c1-11-7-8-14-15-12(10-23-16(14)18-11)9-21(20-15)17(22)19-13-5-3-2-4-6-13/h2-9H,10H2,1H3,(H,19,22)/p+1. The van der Waals surface area contributed by atoms with Crippen LogP contribution in [0.4, 0.5) is 10.5 Å². The third kappa shape index (κ3) is 2.61. The molecular weight excluding hydrogens is 308 g/mol. The summed E-state index contributed by atoms with van der Waals surface area (Å²) in [5.41, 5.74) is 4.86. The van der Waals surface area contributed by atoms with E-state index in [0.717, 1.165) is 39.0 Å². The summed E-state index contributed by atoms with van der Waals surface area (Å²) < 4.78 is 1.38. The number of amides is 1. The molecule has 2 aromatic heterocycles. The molecule has 1 aromatic carbocycles. The van der Waals surface area contributed by atoms with E-state index in [1.54, 1.807) is 11.8 Å². The maximum absolute atomic E-state index is 12.4. The summed E-state index contributed by atoms with van der Waals surface area (Å²) in [5, 5.41) is 8.44. The monoisotopic (exact) mass is 323 g/mol. The summed E-state index contributed by atoms with van der Waals surface area (Å²) in [4.78, 5) is 15.7. The van der Waals surface area contributed by atoms with Crippen LogP contribution in [0.25, 0.3) is 11.3 Å². The predicted molar refractivity (Wildman–Crippen MR) is 89.4 cm³/mol. The van der Waals surface area contributed by atoms with Crippen LogP contribution >= 0.6 is 11.8 Å². The van der Waals surface area contributed by atoms with Crippen molar-refractivity contribution in [3.05, 3.63) is 59.9 Å². The van der Waals surface area contributed by atoms with Gasteiger partial charge in [-0.1, -0.05) is 30.0 Å². The molecule has 114 valence electrons. The van der Waals surface area contributed by atoms with Crippen molar-refractivity contribution in [1.29, 1.82) is 0 Å². The molecule has 2 N–H and O–H groups in total. The summed E-state index contributed by atoms with van der Waals surface area (Å²) in [6.45, 7) is 2.03. The number of hydrogen-bond donors (Lipinski definition) is 1. The Balaban J connectivity index is 1.66. The van der Waals surface area contributed by atoms with E-state index in [2.05, 4.69) is 21.5 Å². The first-order valence-corrected chi connectivity index (χ1v) is 8.30. The second kappa shape index (κ2) is 5.55. The minimum absolute atomic E-state index is 0.256. The van der Waals surface area contributed by atoms with Crippen molar-refractivity contribution >= 4 is 23.5 Å². The highest BCUT2D eigenvalue weighted by Gasteiger charge is 2.26. The molecule has 0 atom stereocenters. The van der Waals surface area contributed by atoms with Gasteiger partial charge in [0.25, 0.3) is 0 Å². The first-order valence-electron chi connectivity index (χ1n) is 7.32. The lowest BCUT2D eigenvalue weighted by Crippen LogP contribution is -2.20. The molecule has 0 saturated heterocycles. The largest absolute Gasteiger partial charge is 0.346 e. The highest BCUT2D eigenvalue weighted by Crippen LogP contribution is 2.37. The molecule has 0 unspecified atom stereocenters. The van der Waals surface area contributed by atoms with E-state index < -0.39 is 0 Å². The summed E-state index contributed by atoms with van der Waals surface area (Å²) in [7, 11) is 0. The number of benzene rings is 1. The molecule has 0 fully saturated rings. The zero-order valence-corrected chi connectivity index (χ0v) is 13.4. The average Bonchev–Trinajstić information content (AvgIpc) is 3.00. The number of thioether (sulfide) groups is 1. The third-order valence-electron chi connectivity index (χ3n) is 3.71. The molecule has 0 aliphatic carbocycles. The lowest BCUT2D eigenvalue weighted by molar-refractivity contribution is -0.434. The number of rotatable bonds is 1. The number of anilines is 1. The molecule has 0 saturated carbocycles. The highest BCUT2D eigenvalue weighted by molar-refractivity contribution is 7.98. The lowest BCUT2D eigenvalue weighted by atomic mass is 10.1. The summed E-state index contributed by atoms with van der Waals surface area (Å²) >= 11 is 1.73. The zero-order valence-electron chi connectivity index (χ0n) is 12.5. The quantitative estimate of drug-likeness (QED) is 0.747. The SMILES string of the molecule is Cc1ccc2c([nH+]1)SCc1cn(C(=O)Nc3ccccc3)nc1-2. The second-order valence-electron chi connectivity index (χ2n) is 5.42. The number of H-pyrrole nitrogens is 1. The molecule has 0 spiro atoms. The first-order chi connectivity index (χ1) is 11.2. The van der Waals surface area contributed by atoms with Gasteiger partial charge in [0.05, 0.1) is 5.56 Å². The predicted octanol–water partition coefficient (Wildman–Crippen LogP) is 3.36. The van der Waals surface area contributed by atoms with Crippen LogP contribution < -0.4 is 10.3 Å². The van der Waals surface area contributed by atoms with Crippen LogP contribution in [0.2, 0.25) is 0 Å². The normalized spacial score (nSPS) is 12.4. The summed E-state index contributed by atoms with van der Waals surface area (Å²) in [6, 6.07) is 13.2. The van der Waals surface area contributed by atoms with E-state index >= 15 is 0 Å². The molecule has 1 amide bonds. The summed E-state index contributed by atoms with van der Waals surface area (Å²) in [6.07, 6.45) is 1.81. The number of fused-ring (bicyclic) bond motifs is 3. The fraction of sp³-hybridized carbons (Fsp3) is 0.118. The molecule has 3 aromatic rings. The van der Waals surface area contributed by atoms with Gasteiger partial charge in [-0.25, -0.2) is 9.78 Å². The van der Waals surface area contributed by atoms with Gasteiger partial charge >= 0.3 is 6.03 Å². The number of nitrogens with zero attached hydrogens (tertiary/aromatic N) is 2. The number of nitrogens with one attached hydrogen (secondary N) is 2. The van der Waals surface area contributed by atoms with Crippen molar-refractivity contribution in [2.75, 3.05) is 5.32 Å². The number of aromatic amines is 1. The van der Waals surface area contributed by atoms with Crippen LogP contribution in [0, 0.1) is 6.92 Å². The Kier molecular flexibility index (Phi) is 3.38. The minimum Gasteiger partial charge on any atom is -0.306 e. The van der Waals surface area contributed by atoms with Gasteiger partial charge in [0.1, 0.15) is 5.69 Å². The van der Waals surface area contributed by atoms with Crippen LogP contribution in [0.15, 0.2) is 53.7 Å². The van der Waals surface area contributed by atoms with Gasteiger partial charge < -0.3 is 5.32 Å². The van der Waals surface area contributed by atoms with E-state index in [0.29, 0.717) is 0 Å². The highest BCUT2D eigenvalue weighted by atomic mass is 32.2. The molecule has 0 bridgehead atoms. The van der Waals surface area contributed by atoms with Crippen LogP contribution in [0.1, 0.15) is 11.3 Å². The maximum Gasteiger partial charge on any atom is 0.346 e. The lowest BCUT2D eigenvalue weighted by Gasteiger charge is -2.08. The van der Waals surface area contributed by atoms with Gasteiger partial charge in [-0.15, -0.1) is 0 Å². The van der Waals surface area contributed by atoms with Crippen molar-refractivity contribution in [2.24, 2.45) is 0 Å². The molecule has 5 nitrogen and oxygen atoms in total. The number of hydrogen-bond acceptors (Lipinski definition) is 3. The number of pyridine rings is 1. The molecule has 3 heterocycles. The Bertz CT molecular complexity index is 889. The van der Waals surface area contributed by atoms with Gasteiger partial charge in [0, 0.05) is 36.2 Å². The topological polar surface area (TPSA) is 61.1 Å². The van der Waals surface area contributed by atoms with Crippen molar-refractivity contribution in [2.45, 2.75) is 17.7 Å². The number of aryl methyl sites for hydroxylation is 1. The molecule has 4 rings (SSSR count). The first kappa shape index (κ1) is 14.0. The van der Waals surface area contributed by atoms with E-state index in [1.807, 2.05) is 49.5 Å². The number of aromatic nitrogens is 3. The van der Waals surface area contributed by atoms with Crippen LogP contribution in [0.5, 0.6) is 0 Å². The van der Waals surface area contributed by atoms with Gasteiger partial charge in [-0.05, 0) is 18.2 Å². The van der Waals surface area contributed by atoms with E-state index in [9.17, 15) is 4.79 Å². The number of carbonyl (C=O) groups excluding carboxylic acids is 1. The number of para-hydroxylation sites is 1. The van der Waals surface area contributed by atoms with Crippen LogP contribution in [-0.2, 0) is 5.75 Å². The molecule has 1 aliphatic heterocycles. The molecule has 0 radical (unpaired) electrons. The molecule has 1 aliphatic rings. The second-order valence-corrected chi connectivity index (χ2v) is 6.40. The van der Waals surface area contributed by atoms with Crippen molar-refractivity contribution < 1.29 is 9.78 Å². The van der Waals surface area contributed by atoms with Crippen molar-refractivity contribution in [3.8, 4) is 11.3 Å². The average molecular weight is 323 g/mol. The zero-order chi connectivity index (χ0) is 15.8. The van der Waals surface area contributed by atoms with E-state index in [1.165, 1.54) is 4.68 Å². The van der Waals surface area contributed by atoms with Crippen LogP contribution in [-0.4, -0.2) is 15.8 Å². The van der Waals surface area contributed by atoms with Gasteiger partial charge in [0.2, 0.25) is 5.03 Å². The fourth-order valence-corrected chi connectivity index (χ4v) is 3.64. The Morgan fingerprint density at radius 2 is 2.09 bits per heavy atom. The van der Waals surface area contributed by atoms with Gasteiger partial charge in [-0.3, -0.25) is 0 Å². The Morgan fingerprint density at radius 1 is 1.26 bits per heavy atom. The minimum atomic E-state index is -0.256. The number of carbonyl (C=O) groups is 1. The van der Waals surface area contributed by atoms with Crippen molar-refractivity contribution in [1.82, 2.24) is 9.78 Å². The molecule has 6 heteroatoms. The third-order valence-corrected chi connectivity index (χ3v) is 4.77. The smallest absolute Gasteiger partial charge is 0.306 e. The summed E-state index contributed by atoms with van der Waals surface area (Å²) in [5.74, 6) is 0.806. The van der Waals surface area contributed by atoms with Crippen molar-refractivity contribution in [3.63, 3.8) is 0 Å². The fourth-order valence-electron chi connectivity index (χ4n) is 2.57. The molecular formula is C17H15N4OS+. The Labute approximate surface area is 137 Å². The van der Waals surface area contributed by atoms with Gasteiger partial charge in [-0.2, -0.15) is 9.78 Å². The maximum atomic E-state index is 12.4.